The first-order valence-electron chi connectivity index (χ1n) is 7.85. The van der Waals surface area contributed by atoms with Crippen LogP contribution in [0.1, 0.15) is 11.1 Å². The van der Waals surface area contributed by atoms with E-state index in [9.17, 15) is 14.0 Å². The highest BCUT2D eigenvalue weighted by Crippen LogP contribution is 2.30. The first-order chi connectivity index (χ1) is 13.4. The van der Waals surface area contributed by atoms with Crippen molar-refractivity contribution < 1.29 is 28.2 Å². The average Bonchev–Trinajstić information content (AvgIpc) is 3.01. The van der Waals surface area contributed by atoms with E-state index in [1.807, 2.05) is 0 Å². The highest BCUT2D eigenvalue weighted by Gasteiger charge is 2.26. The molecular formula is C19H12FI2NO5. The number of carbonyl (C=O) groups excluding carboxylic acids is 2. The Balaban J connectivity index is 1.88. The maximum atomic E-state index is 13.9. The maximum absolute atomic E-state index is 13.9. The molecule has 9 heteroatoms. The van der Waals surface area contributed by atoms with Crippen LogP contribution in [-0.2, 0) is 19.1 Å². The molecule has 0 aliphatic carbocycles. The van der Waals surface area contributed by atoms with E-state index in [4.69, 9.17) is 9.47 Å². The standard InChI is InChI=1S/C19H12FI2NO5/c1-26-16(24)9-27-17-13(21)6-10(7-14(17)22)8-15-19(25)28-18(23-15)11-4-2-3-5-12(11)20/h2-8H,9H2,1H3/b15-8-. The van der Waals surface area contributed by atoms with E-state index in [0.29, 0.717) is 11.3 Å². The summed E-state index contributed by atoms with van der Waals surface area (Å²) in [6.45, 7) is -0.203. The van der Waals surface area contributed by atoms with Gasteiger partial charge in [-0.05, 0) is 81.1 Å². The van der Waals surface area contributed by atoms with Gasteiger partial charge in [-0.2, -0.15) is 0 Å². The number of esters is 2. The number of carbonyl (C=O) groups is 2. The zero-order valence-electron chi connectivity index (χ0n) is 14.4. The Morgan fingerprint density at radius 3 is 2.57 bits per heavy atom. The van der Waals surface area contributed by atoms with E-state index in [-0.39, 0.29) is 23.8 Å². The first kappa shape index (κ1) is 20.7. The summed E-state index contributed by atoms with van der Waals surface area (Å²) in [5, 5.41) is 0. The van der Waals surface area contributed by atoms with E-state index in [2.05, 4.69) is 54.9 Å². The van der Waals surface area contributed by atoms with Gasteiger partial charge in [-0.15, -0.1) is 0 Å². The molecule has 0 N–H and O–H groups in total. The van der Waals surface area contributed by atoms with E-state index in [0.717, 1.165) is 7.14 Å². The van der Waals surface area contributed by atoms with Crippen molar-refractivity contribution in [3.63, 3.8) is 0 Å². The Morgan fingerprint density at radius 2 is 1.93 bits per heavy atom. The normalized spacial score (nSPS) is 14.6. The third-order valence-corrected chi connectivity index (χ3v) is 5.21. The fraction of sp³-hybridized carbons (Fsp3) is 0.105. The lowest BCUT2D eigenvalue weighted by atomic mass is 10.2. The SMILES string of the molecule is COC(=O)COc1c(I)cc(/C=C2\N=C(c3ccccc3F)OC2=O)cc1I. The highest BCUT2D eigenvalue weighted by molar-refractivity contribution is 14.1. The molecule has 0 aromatic heterocycles. The van der Waals surface area contributed by atoms with Gasteiger partial charge in [0.25, 0.3) is 0 Å². The molecule has 0 saturated heterocycles. The minimum Gasteiger partial charge on any atom is -0.480 e. The van der Waals surface area contributed by atoms with Crippen LogP contribution in [0.5, 0.6) is 5.75 Å². The number of halogens is 3. The lowest BCUT2D eigenvalue weighted by molar-refractivity contribution is -0.143. The summed E-state index contributed by atoms with van der Waals surface area (Å²) < 4.78 is 30.5. The van der Waals surface area contributed by atoms with Crippen molar-refractivity contribution in [3.05, 3.63) is 66.2 Å². The van der Waals surface area contributed by atoms with Crippen LogP contribution in [0, 0.1) is 13.0 Å². The van der Waals surface area contributed by atoms with Gasteiger partial charge in [0.05, 0.1) is 19.8 Å². The molecule has 0 spiro atoms. The van der Waals surface area contributed by atoms with Gasteiger partial charge in [-0.3, -0.25) is 0 Å². The van der Waals surface area contributed by atoms with Crippen molar-refractivity contribution in [1.82, 2.24) is 0 Å². The van der Waals surface area contributed by atoms with Crippen molar-refractivity contribution in [3.8, 4) is 5.75 Å². The summed E-state index contributed by atoms with van der Waals surface area (Å²) in [6.07, 6.45) is 1.55. The second-order valence-electron chi connectivity index (χ2n) is 5.49. The minimum atomic E-state index is -0.658. The molecule has 0 fully saturated rings. The van der Waals surface area contributed by atoms with Crippen molar-refractivity contribution in [2.45, 2.75) is 0 Å². The van der Waals surface area contributed by atoms with E-state index >= 15 is 0 Å². The van der Waals surface area contributed by atoms with Crippen LogP contribution in [0.2, 0.25) is 0 Å². The summed E-state index contributed by atoms with van der Waals surface area (Å²) in [5.41, 5.74) is 0.868. The quantitative estimate of drug-likeness (QED) is 0.293. The van der Waals surface area contributed by atoms with Gasteiger partial charge in [-0.1, -0.05) is 12.1 Å². The second-order valence-corrected chi connectivity index (χ2v) is 7.82. The Hall–Kier alpha value is -2.02. The zero-order chi connectivity index (χ0) is 20.3. The number of hydrogen-bond donors (Lipinski definition) is 0. The van der Waals surface area contributed by atoms with Gasteiger partial charge >= 0.3 is 11.9 Å². The van der Waals surface area contributed by atoms with E-state index in [1.54, 1.807) is 30.3 Å². The van der Waals surface area contributed by atoms with Crippen LogP contribution < -0.4 is 4.74 Å². The molecule has 1 aliphatic rings. The van der Waals surface area contributed by atoms with Crippen LogP contribution >= 0.6 is 45.2 Å². The molecule has 0 saturated carbocycles. The predicted octanol–water partition coefficient (Wildman–Crippen LogP) is 3.93. The van der Waals surface area contributed by atoms with Crippen molar-refractivity contribution >= 4 is 69.1 Å². The number of benzene rings is 2. The molecule has 1 aliphatic heterocycles. The number of cyclic esters (lactones) is 1. The molecule has 1 heterocycles. The Morgan fingerprint density at radius 1 is 1.25 bits per heavy atom. The monoisotopic (exact) mass is 607 g/mol. The molecule has 0 unspecified atom stereocenters. The van der Waals surface area contributed by atoms with Crippen LogP contribution in [0.4, 0.5) is 4.39 Å². The summed E-state index contributed by atoms with van der Waals surface area (Å²) in [7, 11) is 1.29. The average molecular weight is 607 g/mol. The Kier molecular flexibility index (Phi) is 6.65. The highest BCUT2D eigenvalue weighted by atomic mass is 127. The molecule has 0 bridgehead atoms. The van der Waals surface area contributed by atoms with Crippen molar-refractivity contribution in [2.75, 3.05) is 13.7 Å². The molecule has 144 valence electrons. The van der Waals surface area contributed by atoms with Crippen LogP contribution in [0.25, 0.3) is 6.08 Å². The lowest BCUT2D eigenvalue weighted by Crippen LogP contribution is -2.13. The minimum absolute atomic E-state index is 0.0630. The number of aliphatic imine (C=N–C) groups is 1. The number of rotatable bonds is 5. The summed E-state index contributed by atoms with van der Waals surface area (Å²) in [4.78, 5) is 27.5. The van der Waals surface area contributed by atoms with Gasteiger partial charge in [0.2, 0.25) is 5.90 Å². The first-order valence-corrected chi connectivity index (χ1v) is 10.0. The zero-order valence-corrected chi connectivity index (χ0v) is 18.7. The van der Waals surface area contributed by atoms with Crippen LogP contribution in [0.15, 0.2) is 47.1 Å². The third kappa shape index (κ3) is 4.69. The molecule has 0 atom stereocenters. The van der Waals surface area contributed by atoms with Gasteiger partial charge in [0.1, 0.15) is 11.6 Å². The lowest BCUT2D eigenvalue weighted by Gasteiger charge is -2.10. The van der Waals surface area contributed by atoms with Gasteiger partial charge in [0.15, 0.2) is 12.3 Å². The molecule has 2 aromatic carbocycles. The van der Waals surface area contributed by atoms with Gasteiger partial charge in [0, 0.05) is 0 Å². The summed E-state index contributed by atoms with van der Waals surface area (Å²) in [5.74, 6) is -1.20. The largest absolute Gasteiger partial charge is 0.480 e. The Bertz CT molecular complexity index is 996. The molecule has 3 rings (SSSR count). The molecule has 2 aromatic rings. The van der Waals surface area contributed by atoms with Gasteiger partial charge < -0.3 is 14.2 Å². The predicted molar refractivity (Wildman–Crippen MR) is 116 cm³/mol. The van der Waals surface area contributed by atoms with E-state index < -0.39 is 17.8 Å². The molecule has 6 nitrogen and oxygen atoms in total. The molecular weight excluding hydrogens is 595 g/mol. The van der Waals surface area contributed by atoms with Crippen LogP contribution in [0.3, 0.4) is 0 Å². The van der Waals surface area contributed by atoms with Gasteiger partial charge in [-0.25, -0.2) is 19.0 Å². The number of nitrogens with zero attached hydrogens (tertiary/aromatic N) is 1. The summed E-state index contributed by atoms with van der Waals surface area (Å²) in [6, 6.07) is 9.47. The van der Waals surface area contributed by atoms with E-state index in [1.165, 1.54) is 19.2 Å². The Labute approximate surface area is 187 Å². The van der Waals surface area contributed by atoms with Crippen LogP contribution in [-0.4, -0.2) is 31.6 Å². The third-order valence-electron chi connectivity index (χ3n) is 3.61. The number of hydrogen-bond acceptors (Lipinski definition) is 6. The number of ether oxygens (including phenoxy) is 3. The number of methoxy groups -OCH3 is 1. The second kappa shape index (κ2) is 8.99. The fourth-order valence-electron chi connectivity index (χ4n) is 2.31. The molecule has 0 amide bonds. The smallest absolute Gasteiger partial charge is 0.363 e. The molecule has 28 heavy (non-hydrogen) atoms. The van der Waals surface area contributed by atoms with Crippen molar-refractivity contribution in [1.29, 1.82) is 0 Å². The topological polar surface area (TPSA) is 74.2 Å². The summed E-state index contributed by atoms with van der Waals surface area (Å²) >= 11 is 4.13. The molecule has 0 radical (unpaired) electrons. The maximum Gasteiger partial charge on any atom is 0.363 e. The van der Waals surface area contributed by atoms with Crippen molar-refractivity contribution in [2.24, 2.45) is 4.99 Å². The fourth-order valence-corrected chi connectivity index (χ4v) is 4.44.